The molecule has 0 aliphatic rings. The standard InChI is InChI=1S/C12H16ClNO4/c1-3-12(4-2,7-10(15)16)14-11(17)8-5-6-9(13)18-8/h5-6H,3-4,7H2,1-2H3,(H,14,17)(H,15,16). The lowest BCUT2D eigenvalue weighted by Gasteiger charge is -2.30. The van der Waals surface area contributed by atoms with Gasteiger partial charge in [-0.3, -0.25) is 9.59 Å². The van der Waals surface area contributed by atoms with Gasteiger partial charge in [0, 0.05) is 0 Å². The zero-order chi connectivity index (χ0) is 13.8. The van der Waals surface area contributed by atoms with Gasteiger partial charge < -0.3 is 14.8 Å². The number of amides is 1. The van der Waals surface area contributed by atoms with Crippen molar-refractivity contribution in [2.45, 2.75) is 38.6 Å². The van der Waals surface area contributed by atoms with Crippen molar-refractivity contribution in [3.63, 3.8) is 0 Å². The van der Waals surface area contributed by atoms with Gasteiger partial charge in [-0.25, -0.2) is 0 Å². The van der Waals surface area contributed by atoms with Gasteiger partial charge in [0.2, 0.25) is 0 Å². The molecule has 0 bridgehead atoms. The first kappa shape index (κ1) is 14.6. The summed E-state index contributed by atoms with van der Waals surface area (Å²) in [5.74, 6) is -1.32. The highest BCUT2D eigenvalue weighted by molar-refractivity contribution is 6.29. The first-order chi connectivity index (χ1) is 8.42. The molecule has 1 aromatic heterocycles. The minimum Gasteiger partial charge on any atom is -0.481 e. The van der Waals surface area contributed by atoms with Crippen LogP contribution in [0.1, 0.15) is 43.7 Å². The molecule has 1 aromatic rings. The summed E-state index contributed by atoms with van der Waals surface area (Å²) < 4.78 is 4.99. The number of carboxylic acids is 1. The van der Waals surface area contributed by atoms with Crippen molar-refractivity contribution in [3.05, 3.63) is 23.1 Å². The second-order valence-corrected chi connectivity index (χ2v) is 4.49. The molecule has 0 saturated carbocycles. The number of rotatable bonds is 6. The summed E-state index contributed by atoms with van der Waals surface area (Å²) in [6.45, 7) is 3.67. The maximum Gasteiger partial charge on any atom is 0.305 e. The topological polar surface area (TPSA) is 79.5 Å². The van der Waals surface area contributed by atoms with E-state index in [-0.39, 0.29) is 17.4 Å². The van der Waals surface area contributed by atoms with Crippen LogP contribution in [-0.4, -0.2) is 22.5 Å². The van der Waals surface area contributed by atoms with E-state index in [4.69, 9.17) is 21.1 Å². The zero-order valence-electron chi connectivity index (χ0n) is 10.3. The number of hydrogen-bond donors (Lipinski definition) is 2. The summed E-state index contributed by atoms with van der Waals surface area (Å²) >= 11 is 5.59. The molecule has 0 aromatic carbocycles. The second-order valence-electron chi connectivity index (χ2n) is 4.12. The van der Waals surface area contributed by atoms with Crippen molar-refractivity contribution in [1.29, 1.82) is 0 Å². The Labute approximate surface area is 110 Å². The molecule has 2 N–H and O–H groups in total. The first-order valence-electron chi connectivity index (χ1n) is 5.72. The van der Waals surface area contributed by atoms with Crippen molar-refractivity contribution in [3.8, 4) is 0 Å². The van der Waals surface area contributed by atoms with Gasteiger partial charge in [-0.05, 0) is 36.6 Å². The molecule has 0 fully saturated rings. The Balaban J connectivity index is 2.83. The van der Waals surface area contributed by atoms with Crippen molar-refractivity contribution in [2.24, 2.45) is 0 Å². The molecular weight excluding hydrogens is 258 g/mol. The van der Waals surface area contributed by atoms with E-state index in [0.717, 1.165) is 0 Å². The van der Waals surface area contributed by atoms with Crippen LogP contribution in [0.5, 0.6) is 0 Å². The Kier molecular flexibility index (Phi) is 4.78. The fraction of sp³-hybridized carbons (Fsp3) is 0.500. The maximum atomic E-state index is 11.9. The molecule has 1 heterocycles. The fourth-order valence-electron chi connectivity index (χ4n) is 1.75. The van der Waals surface area contributed by atoms with E-state index < -0.39 is 17.4 Å². The van der Waals surface area contributed by atoms with Crippen LogP contribution in [0.2, 0.25) is 5.22 Å². The molecule has 0 radical (unpaired) electrons. The van der Waals surface area contributed by atoms with E-state index in [2.05, 4.69) is 5.32 Å². The predicted molar refractivity (Wildman–Crippen MR) is 66.8 cm³/mol. The van der Waals surface area contributed by atoms with Crippen molar-refractivity contribution in [1.82, 2.24) is 5.32 Å². The minimum absolute atomic E-state index is 0.0802. The van der Waals surface area contributed by atoms with E-state index in [9.17, 15) is 9.59 Å². The molecule has 0 atom stereocenters. The van der Waals surface area contributed by atoms with Gasteiger partial charge >= 0.3 is 5.97 Å². The first-order valence-corrected chi connectivity index (χ1v) is 6.10. The van der Waals surface area contributed by atoms with Crippen LogP contribution >= 0.6 is 11.6 Å². The van der Waals surface area contributed by atoms with Gasteiger partial charge in [0.15, 0.2) is 11.0 Å². The summed E-state index contributed by atoms with van der Waals surface area (Å²) in [6.07, 6.45) is 0.923. The summed E-state index contributed by atoms with van der Waals surface area (Å²) in [5.41, 5.74) is -0.762. The summed E-state index contributed by atoms with van der Waals surface area (Å²) in [4.78, 5) is 22.8. The summed E-state index contributed by atoms with van der Waals surface area (Å²) in [7, 11) is 0. The molecule has 0 unspecified atom stereocenters. The highest BCUT2D eigenvalue weighted by Gasteiger charge is 2.32. The lowest BCUT2D eigenvalue weighted by atomic mass is 9.89. The summed E-state index contributed by atoms with van der Waals surface area (Å²) in [6, 6.07) is 2.92. The van der Waals surface area contributed by atoms with Crippen LogP contribution in [0.15, 0.2) is 16.5 Å². The van der Waals surface area contributed by atoms with Crippen LogP contribution < -0.4 is 5.32 Å². The third-order valence-corrected chi connectivity index (χ3v) is 3.22. The fourth-order valence-corrected chi connectivity index (χ4v) is 1.90. The van der Waals surface area contributed by atoms with Gasteiger partial charge in [0.25, 0.3) is 5.91 Å². The van der Waals surface area contributed by atoms with Crippen LogP contribution in [0.25, 0.3) is 0 Å². The van der Waals surface area contributed by atoms with Crippen LogP contribution in [0, 0.1) is 0 Å². The number of halogens is 1. The van der Waals surface area contributed by atoms with E-state index in [1.807, 2.05) is 13.8 Å². The third kappa shape index (κ3) is 3.50. The number of nitrogens with one attached hydrogen (secondary N) is 1. The van der Waals surface area contributed by atoms with Gasteiger partial charge in [-0.15, -0.1) is 0 Å². The van der Waals surface area contributed by atoms with Crippen LogP contribution in [-0.2, 0) is 4.79 Å². The second kappa shape index (κ2) is 5.91. The molecule has 6 heteroatoms. The monoisotopic (exact) mass is 273 g/mol. The van der Waals surface area contributed by atoms with Gasteiger partial charge in [0.1, 0.15) is 0 Å². The molecule has 18 heavy (non-hydrogen) atoms. The highest BCUT2D eigenvalue weighted by atomic mass is 35.5. The molecule has 1 rings (SSSR count). The number of carboxylic acid groups (broad SMARTS) is 1. The van der Waals surface area contributed by atoms with E-state index in [0.29, 0.717) is 12.8 Å². The average molecular weight is 274 g/mol. The molecule has 0 saturated heterocycles. The number of furan rings is 1. The number of carbonyl (C=O) groups is 2. The normalized spacial score (nSPS) is 11.3. The predicted octanol–water partition coefficient (Wildman–Crippen LogP) is 2.70. The zero-order valence-corrected chi connectivity index (χ0v) is 11.1. The van der Waals surface area contributed by atoms with E-state index in [1.54, 1.807) is 0 Å². The Hall–Kier alpha value is -1.49. The van der Waals surface area contributed by atoms with Gasteiger partial charge in [0.05, 0.1) is 12.0 Å². The largest absolute Gasteiger partial charge is 0.481 e. The van der Waals surface area contributed by atoms with Crippen molar-refractivity contribution >= 4 is 23.5 Å². The molecule has 0 aliphatic carbocycles. The molecule has 1 amide bonds. The average Bonchev–Trinajstić information content (AvgIpc) is 2.74. The Morgan fingerprint density at radius 3 is 2.39 bits per heavy atom. The van der Waals surface area contributed by atoms with E-state index in [1.165, 1.54) is 12.1 Å². The van der Waals surface area contributed by atoms with Crippen molar-refractivity contribution in [2.75, 3.05) is 0 Å². The molecule has 0 aliphatic heterocycles. The van der Waals surface area contributed by atoms with Crippen LogP contribution in [0.3, 0.4) is 0 Å². The number of hydrogen-bond acceptors (Lipinski definition) is 3. The smallest absolute Gasteiger partial charge is 0.305 e. The summed E-state index contributed by atoms with van der Waals surface area (Å²) in [5, 5.41) is 11.7. The molecule has 5 nitrogen and oxygen atoms in total. The molecular formula is C12H16ClNO4. The lowest BCUT2D eigenvalue weighted by molar-refractivity contribution is -0.138. The number of carbonyl (C=O) groups excluding carboxylic acids is 1. The maximum absolute atomic E-state index is 11.9. The highest BCUT2D eigenvalue weighted by Crippen LogP contribution is 2.21. The quantitative estimate of drug-likeness (QED) is 0.835. The molecule has 100 valence electrons. The van der Waals surface area contributed by atoms with Gasteiger partial charge in [-0.2, -0.15) is 0 Å². The molecule has 0 spiro atoms. The third-order valence-electron chi connectivity index (χ3n) is 3.02. The minimum atomic E-state index is -0.948. The number of aliphatic carboxylic acids is 1. The van der Waals surface area contributed by atoms with E-state index >= 15 is 0 Å². The Bertz CT molecular complexity index is 437. The Morgan fingerprint density at radius 1 is 1.39 bits per heavy atom. The van der Waals surface area contributed by atoms with Crippen LogP contribution in [0.4, 0.5) is 0 Å². The Morgan fingerprint density at radius 2 is 2.00 bits per heavy atom. The van der Waals surface area contributed by atoms with Crippen molar-refractivity contribution < 1.29 is 19.1 Å². The lowest BCUT2D eigenvalue weighted by Crippen LogP contribution is -2.49. The van der Waals surface area contributed by atoms with Gasteiger partial charge in [-0.1, -0.05) is 13.8 Å². The SMILES string of the molecule is CCC(CC)(CC(=O)O)NC(=O)c1ccc(Cl)o1.